The van der Waals surface area contributed by atoms with Crippen molar-refractivity contribution >= 4 is 13.5 Å². The number of piperidine rings is 1. The second-order valence-corrected chi connectivity index (χ2v) is 12.8. The van der Waals surface area contributed by atoms with E-state index in [0.29, 0.717) is 24.6 Å². The minimum absolute atomic E-state index is 0.181. The average Bonchev–Trinajstić information content (AvgIpc) is 2.73. The highest BCUT2D eigenvalue weighted by molar-refractivity contribution is 7.55. The number of hydrogen-bond acceptors (Lipinski definition) is 4. The molecule has 0 atom stereocenters. The molecule has 0 aliphatic carbocycles. The summed E-state index contributed by atoms with van der Waals surface area (Å²) in [5.74, 6) is 0.806. The number of hydrogen-bond donors (Lipinski definition) is 0. The maximum Gasteiger partial charge on any atom is 0.440 e. The second-order valence-electron chi connectivity index (χ2n) is 10.9. The first kappa shape index (κ1) is 25.4. The Morgan fingerprint density at radius 3 is 1.64 bits per heavy atom. The van der Waals surface area contributed by atoms with E-state index >= 15 is 0 Å². The van der Waals surface area contributed by atoms with Crippen LogP contribution in [0.2, 0.25) is 0 Å². The molecule has 0 saturated carbocycles. The quantitative estimate of drug-likeness (QED) is 0.428. The van der Waals surface area contributed by atoms with Crippen LogP contribution in [0.5, 0.6) is 11.5 Å². The van der Waals surface area contributed by atoms with Crippen molar-refractivity contribution < 1.29 is 18.4 Å². The van der Waals surface area contributed by atoms with Gasteiger partial charge in [0.15, 0.2) is 6.16 Å². The average molecular weight is 472 g/mol. The fourth-order valence-electron chi connectivity index (χ4n) is 4.12. The maximum atomic E-state index is 14.3. The summed E-state index contributed by atoms with van der Waals surface area (Å²) in [7, 11) is -3.87. The van der Waals surface area contributed by atoms with Crippen LogP contribution in [0.15, 0.2) is 48.5 Å². The minimum atomic E-state index is -3.87. The molecule has 33 heavy (non-hydrogen) atoms. The SMILES string of the molecule is CC(C)(C)c1ccccc1OP(=O)(CC(=O)N1CCCCC1)Oc1ccccc1C(C)(C)C. The molecule has 180 valence electrons. The van der Waals surface area contributed by atoms with E-state index in [1.165, 1.54) is 0 Å². The number of amides is 1. The lowest BCUT2D eigenvalue weighted by Gasteiger charge is -2.30. The van der Waals surface area contributed by atoms with Gasteiger partial charge in [-0.3, -0.25) is 4.79 Å². The topological polar surface area (TPSA) is 55.8 Å². The molecule has 0 radical (unpaired) electrons. The Kier molecular flexibility index (Phi) is 7.63. The molecular weight excluding hydrogens is 433 g/mol. The molecule has 6 heteroatoms. The van der Waals surface area contributed by atoms with Crippen LogP contribution in [0.4, 0.5) is 0 Å². The smallest absolute Gasteiger partial charge is 0.415 e. The number of carbonyl (C=O) groups is 1. The molecule has 3 rings (SSSR count). The van der Waals surface area contributed by atoms with Crippen molar-refractivity contribution in [2.45, 2.75) is 71.6 Å². The fourth-order valence-corrected chi connectivity index (χ4v) is 5.74. The summed E-state index contributed by atoms with van der Waals surface area (Å²) in [4.78, 5) is 14.9. The van der Waals surface area contributed by atoms with Gasteiger partial charge in [0.25, 0.3) is 0 Å². The third-order valence-corrected chi connectivity index (χ3v) is 7.51. The van der Waals surface area contributed by atoms with Crippen LogP contribution < -0.4 is 9.05 Å². The van der Waals surface area contributed by atoms with Gasteiger partial charge >= 0.3 is 7.60 Å². The monoisotopic (exact) mass is 471 g/mol. The Balaban J connectivity index is 1.99. The summed E-state index contributed by atoms with van der Waals surface area (Å²) in [6.45, 7) is 13.8. The van der Waals surface area contributed by atoms with E-state index < -0.39 is 7.60 Å². The molecular formula is C27H38NO4P. The number of likely N-dealkylation sites (tertiary alicyclic amines) is 1. The largest absolute Gasteiger partial charge is 0.440 e. The highest BCUT2D eigenvalue weighted by Gasteiger charge is 2.37. The lowest BCUT2D eigenvalue weighted by atomic mass is 9.86. The number of benzene rings is 2. The van der Waals surface area contributed by atoms with Gasteiger partial charge in [-0.05, 0) is 42.2 Å². The molecule has 1 amide bonds. The van der Waals surface area contributed by atoms with Gasteiger partial charge in [-0.25, -0.2) is 4.57 Å². The van der Waals surface area contributed by atoms with Gasteiger partial charge in [0.05, 0.1) is 0 Å². The van der Waals surface area contributed by atoms with Crippen LogP contribution in [0.3, 0.4) is 0 Å². The van der Waals surface area contributed by atoms with Gasteiger partial charge in [0.1, 0.15) is 11.5 Å². The highest BCUT2D eigenvalue weighted by Crippen LogP contribution is 2.52. The van der Waals surface area contributed by atoms with Crippen molar-refractivity contribution in [1.29, 1.82) is 0 Å². The van der Waals surface area contributed by atoms with Crippen molar-refractivity contribution in [3.8, 4) is 11.5 Å². The van der Waals surface area contributed by atoms with E-state index in [1.807, 2.05) is 36.4 Å². The van der Waals surface area contributed by atoms with Crippen LogP contribution in [0.1, 0.15) is 71.9 Å². The lowest BCUT2D eigenvalue weighted by molar-refractivity contribution is -0.129. The van der Waals surface area contributed by atoms with E-state index in [2.05, 4.69) is 41.5 Å². The van der Waals surface area contributed by atoms with Gasteiger partial charge < -0.3 is 13.9 Å². The van der Waals surface area contributed by atoms with Crippen molar-refractivity contribution in [2.24, 2.45) is 0 Å². The molecule has 0 bridgehead atoms. The zero-order valence-corrected chi connectivity index (χ0v) is 21.8. The first-order valence-corrected chi connectivity index (χ1v) is 13.6. The van der Waals surface area contributed by atoms with Crippen LogP contribution in [-0.4, -0.2) is 30.1 Å². The van der Waals surface area contributed by atoms with Crippen molar-refractivity contribution in [3.05, 3.63) is 59.7 Å². The molecule has 0 aromatic heterocycles. The second kappa shape index (κ2) is 9.93. The van der Waals surface area contributed by atoms with Crippen molar-refractivity contribution in [2.75, 3.05) is 19.3 Å². The number of rotatable bonds is 6. The van der Waals surface area contributed by atoms with Gasteiger partial charge in [0.2, 0.25) is 5.91 Å². The van der Waals surface area contributed by atoms with E-state index in [4.69, 9.17) is 9.05 Å². The molecule has 1 saturated heterocycles. The predicted octanol–water partition coefficient (Wildman–Crippen LogP) is 6.95. The molecule has 1 aliphatic rings. The van der Waals surface area contributed by atoms with Crippen LogP contribution >= 0.6 is 7.60 Å². The van der Waals surface area contributed by atoms with Crippen LogP contribution in [0, 0.1) is 0 Å². The Hall–Kier alpha value is -2.26. The minimum Gasteiger partial charge on any atom is -0.415 e. The summed E-state index contributed by atoms with van der Waals surface area (Å²) in [6, 6.07) is 15.1. The molecule has 0 unspecified atom stereocenters. The Morgan fingerprint density at radius 1 is 0.788 bits per heavy atom. The number of carbonyl (C=O) groups excluding carboxylic acids is 1. The summed E-state index contributed by atoms with van der Waals surface area (Å²) in [6.07, 6.45) is 2.77. The first-order chi connectivity index (χ1) is 15.4. The molecule has 1 heterocycles. The lowest BCUT2D eigenvalue weighted by Crippen LogP contribution is -2.38. The van der Waals surface area contributed by atoms with Gasteiger partial charge in [0, 0.05) is 24.2 Å². The molecule has 2 aromatic carbocycles. The zero-order valence-electron chi connectivity index (χ0n) is 20.9. The van der Waals surface area contributed by atoms with Gasteiger partial charge in [-0.15, -0.1) is 0 Å². The van der Waals surface area contributed by atoms with Crippen LogP contribution in [-0.2, 0) is 20.2 Å². The summed E-state index contributed by atoms with van der Waals surface area (Å²) >= 11 is 0. The van der Waals surface area contributed by atoms with Crippen molar-refractivity contribution in [3.63, 3.8) is 0 Å². The molecule has 1 aliphatic heterocycles. The predicted molar refractivity (Wildman–Crippen MR) is 134 cm³/mol. The van der Waals surface area contributed by atoms with Gasteiger partial charge in [-0.1, -0.05) is 77.9 Å². The zero-order chi connectivity index (χ0) is 24.3. The maximum absolute atomic E-state index is 14.3. The summed E-state index contributed by atoms with van der Waals surface area (Å²) in [5, 5.41) is 0. The Morgan fingerprint density at radius 2 is 1.21 bits per heavy atom. The van der Waals surface area contributed by atoms with E-state index in [-0.39, 0.29) is 22.9 Å². The third-order valence-electron chi connectivity index (χ3n) is 5.90. The van der Waals surface area contributed by atoms with E-state index in [0.717, 1.165) is 30.4 Å². The highest BCUT2D eigenvalue weighted by atomic mass is 31.2. The Labute approximate surface area is 199 Å². The van der Waals surface area contributed by atoms with Crippen molar-refractivity contribution in [1.82, 2.24) is 4.90 Å². The van der Waals surface area contributed by atoms with Gasteiger partial charge in [-0.2, -0.15) is 0 Å². The summed E-state index contributed by atoms with van der Waals surface area (Å²) < 4.78 is 26.6. The summed E-state index contributed by atoms with van der Waals surface area (Å²) in [5.41, 5.74) is 1.40. The molecule has 5 nitrogen and oxygen atoms in total. The first-order valence-electron chi connectivity index (χ1n) is 11.8. The van der Waals surface area contributed by atoms with E-state index in [9.17, 15) is 9.36 Å². The normalized spacial score (nSPS) is 15.3. The molecule has 2 aromatic rings. The standard InChI is InChI=1S/C27H38NO4P/c1-26(2,3)21-14-8-10-16-23(21)31-33(30,20-25(29)28-18-12-7-13-19-28)32-24-17-11-9-15-22(24)27(4,5)6/h8-11,14-17H,7,12-13,18-20H2,1-6H3. The molecule has 0 spiro atoms. The molecule has 0 N–H and O–H groups in total. The third kappa shape index (κ3) is 6.63. The van der Waals surface area contributed by atoms with Crippen LogP contribution in [0.25, 0.3) is 0 Å². The number of para-hydroxylation sites is 2. The fraction of sp³-hybridized carbons (Fsp3) is 0.519. The number of nitrogens with zero attached hydrogens (tertiary/aromatic N) is 1. The Bertz CT molecular complexity index is 950. The molecule has 1 fully saturated rings. The van der Waals surface area contributed by atoms with E-state index in [1.54, 1.807) is 17.0 Å².